The van der Waals surface area contributed by atoms with Crippen molar-refractivity contribution in [1.29, 1.82) is 0 Å². The Morgan fingerprint density at radius 1 is 1.05 bits per heavy atom. The fourth-order valence-corrected chi connectivity index (χ4v) is 5.48. The van der Waals surface area contributed by atoms with Crippen molar-refractivity contribution in [2.75, 3.05) is 0 Å². The number of fused-ring (bicyclic) bond motifs is 3. The van der Waals surface area contributed by atoms with Gasteiger partial charge in [0.2, 0.25) is 0 Å². The minimum absolute atomic E-state index is 0.382. The van der Waals surface area contributed by atoms with Crippen molar-refractivity contribution in [1.82, 2.24) is 0 Å². The number of rotatable bonds is 2. The molecule has 1 nitrogen and oxygen atoms in total. The number of halogens is 1. The predicted octanol–water partition coefficient (Wildman–Crippen LogP) is 4.50. The van der Waals surface area contributed by atoms with Gasteiger partial charge in [0, 0.05) is 11.3 Å². The number of benzene rings is 1. The van der Waals surface area contributed by atoms with Crippen molar-refractivity contribution in [3.8, 4) is 0 Å². The highest BCUT2D eigenvalue weighted by atomic mass is 35.5. The van der Waals surface area contributed by atoms with Crippen LogP contribution in [0.15, 0.2) is 36.4 Å². The Morgan fingerprint density at radius 3 is 2.19 bits per heavy atom. The van der Waals surface area contributed by atoms with Crippen molar-refractivity contribution >= 4 is 22.9 Å². The zero-order valence-electron chi connectivity index (χ0n) is 11.9. The fraction of sp³-hybridized carbons (Fsp3) is 0.444. The van der Waals surface area contributed by atoms with Gasteiger partial charge < -0.3 is 5.11 Å². The highest BCUT2D eigenvalue weighted by Gasteiger charge is 2.50. The van der Waals surface area contributed by atoms with E-state index in [0.717, 1.165) is 36.4 Å². The topological polar surface area (TPSA) is 20.2 Å². The van der Waals surface area contributed by atoms with Gasteiger partial charge >= 0.3 is 0 Å². The third-order valence-corrected chi connectivity index (χ3v) is 6.65. The van der Waals surface area contributed by atoms with E-state index in [1.54, 1.807) is 11.3 Å². The second-order valence-corrected chi connectivity index (χ2v) is 8.32. The molecule has 2 aliphatic rings. The molecule has 4 rings (SSSR count). The van der Waals surface area contributed by atoms with Crippen LogP contribution in [0.3, 0.4) is 0 Å². The summed E-state index contributed by atoms with van der Waals surface area (Å²) in [5, 5.41) is 11.4. The summed E-state index contributed by atoms with van der Waals surface area (Å²) in [6, 6.07) is 12.7. The van der Waals surface area contributed by atoms with Crippen LogP contribution >= 0.6 is 22.9 Å². The van der Waals surface area contributed by atoms with E-state index < -0.39 is 5.60 Å². The van der Waals surface area contributed by atoms with Crippen molar-refractivity contribution < 1.29 is 5.11 Å². The summed E-state index contributed by atoms with van der Waals surface area (Å²) in [5.41, 5.74) is 2.31. The molecule has 2 aliphatic carbocycles. The number of thiophene rings is 1. The first-order valence-electron chi connectivity index (χ1n) is 7.68. The standard InChI is InChI=1S/C18H19ClOS/c19-17-8-7-16(21-17)11-18(20)14-5-6-15(18)10-13-4-2-1-3-12(13)9-14/h1-4,7-8,14-15,20H,5-6,9-11H2. The molecule has 1 fully saturated rings. The van der Waals surface area contributed by atoms with Crippen LogP contribution in [0.1, 0.15) is 28.8 Å². The van der Waals surface area contributed by atoms with Crippen LogP contribution in [-0.4, -0.2) is 10.7 Å². The molecule has 0 aliphatic heterocycles. The van der Waals surface area contributed by atoms with E-state index in [0.29, 0.717) is 11.8 Å². The summed E-state index contributed by atoms with van der Waals surface area (Å²) in [6.07, 6.45) is 5.08. The first-order chi connectivity index (χ1) is 10.1. The van der Waals surface area contributed by atoms with E-state index in [-0.39, 0.29) is 0 Å². The van der Waals surface area contributed by atoms with E-state index in [1.807, 2.05) is 6.07 Å². The van der Waals surface area contributed by atoms with Gasteiger partial charge in [0.15, 0.2) is 0 Å². The molecule has 1 N–H and O–H groups in total. The lowest BCUT2D eigenvalue weighted by Gasteiger charge is -2.33. The van der Waals surface area contributed by atoms with Crippen molar-refractivity contribution in [3.05, 3.63) is 56.7 Å². The van der Waals surface area contributed by atoms with E-state index in [2.05, 4.69) is 30.3 Å². The zero-order chi connectivity index (χ0) is 14.4. The Kier molecular flexibility index (Phi) is 3.36. The molecule has 0 amide bonds. The Labute approximate surface area is 134 Å². The summed E-state index contributed by atoms with van der Waals surface area (Å²) in [6.45, 7) is 0. The van der Waals surface area contributed by atoms with Crippen LogP contribution < -0.4 is 0 Å². The third kappa shape index (κ3) is 2.34. The van der Waals surface area contributed by atoms with Crippen molar-refractivity contribution in [2.24, 2.45) is 11.8 Å². The molecule has 2 unspecified atom stereocenters. The molecule has 0 radical (unpaired) electrons. The van der Waals surface area contributed by atoms with Crippen molar-refractivity contribution in [2.45, 2.75) is 37.7 Å². The van der Waals surface area contributed by atoms with Gasteiger partial charge in [0.25, 0.3) is 0 Å². The average molecular weight is 319 g/mol. The lowest BCUT2D eigenvalue weighted by molar-refractivity contribution is -0.0323. The normalized spacial score (nSPS) is 31.0. The molecule has 110 valence electrons. The molecule has 1 aromatic heterocycles. The Balaban J connectivity index is 1.68. The highest BCUT2D eigenvalue weighted by molar-refractivity contribution is 7.16. The number of hydrogen-bond donors (Lipinski definition) is 1. The molecule has 0 spiro atoms. The van der Waals surface area contributed by atoms with E-state index in [4.69, 9.17) is 11.6 Å². The van der Waals surface area contributed by atoms with E-state index in [9.17, 15) is 5.11 Å². The Morgan fingerprint density at radius 2 is 1.67 bits per heavy atom. The van der Waals surface area contributed by atoms with Crippen LogP contribution in [0.5, 0.6) is 0 Å². The van der Waals surface area contributed by atoms with Gasteiger partial charge in [-0.25, -0.2) is 0 Å². The Bertz CT molecular complexity index is 630. The van der Waals surface area contributed by atoms with Gasteiger partial charge in [-0.3, -0.25) is 0 Å². The molecule has 3 heteroatoms. The zero-order valence-corrected chi connectivity index (χ0v) is 13.5. The largest absolute Gasteiger partial charge is 0.389 e. The van der Waals surface area contributed by atoms with E-state index >= 15 is 0 Å². The predicted molar refractivity (Wildman–Crippen MR) is 88.0 cm³/mol. The third-order valence-electron chi connectivity index (χ3n) is 5.41. The molecule has 2 aromatic rings. The number of hydrogen-bond acceptors (Lipinski definition) is 2. The maximum absolute atomic E-state index is 11.4. The minimum Gasteiger partial charge on any atom is -0.389 e. The number of aliphatic hydroxyl groups is 1. The lowest BCUT2D eigenvalue weighted by atomic mass is 9.79. The van der Waals surface area contributed by atoms with Gasteiger partial charge in [-0.2, -0.15) is 0 Å². The summed E-state index contributed by atoms with van der Waals surface area (Å²) in [4.78, 5) is 1.21. The minimum atomic E-state index is -0.562. The monoisotopic (exact) mass is 318 g/mol. The second kappa shape index (κ2) is 5.12. The van der Waals surface area contributed by atoms with Crippen LogP contribution in [0, 0.1) is 11.8 Å². The summed E-state index contributed by atoms with van der Waals surface area (Å²) in [7, 11) is 0. The van der Waals surface area contributed by atoms with Crippen LogP contribution in [-0.2, 0) is 19.3 Å². The van der Waals surface area contributed by atoms with Crippen LogP contribution in [0.2, 0.25) is 4.34 Å². The maximum atomic E-state index is 11.4. The second-order valence-electron chi connectivity index (χ2n) is 6.52. The first kappa shape index (κ1) is 13.8. The quantitative estimate of drug-likeness (QED) is 0.864. The maximum Gasteiger partial charge on any atom is 0.0931 e. The Hall–Kier alpha value is -0.830. The van der Waals surface area contributed by atoms with Crippen molar-refractivity contribution in [3.63, 3.8) is 0 Å². The molecule has 1 heterocycles. The van der Waals surface area contributed by atoms with E-state index in [1.165, 1.54) is 16.0 Å². The fourth-order valence-electron chi connectivity index (χ4n) is 4.29. The molecule has 2 bridgehead atoms. The molecule has 21 heavy (non-hydrogen) atoms. The lowest BCUT2D eigenvalue weighted by Crippen LogP contribution is -2.42. The molecule has 1 saturated carbocycles. The van der Waals surface area contributed by atoms with Crippen LogP contribution in [0.25, 0.3) is 0 Å². The molecule has 0 saturated heterocycles. The average Bonchev–Trinajstić information content (AvgIpc) is 2.93. The van der Waals surface area contributed by atoms with Gasteiger partial charge in [0.05, 0.1) is 9.94 Å². The van der Waals surface area contributed by atoms with Gasteiger partial charge in [-0.05, 0) is 60.8 Å². The van der Waals surface area contributed by atoms with Crippen LogP contribution in [0.4, 0.5) is 0 Å². The SMILES string of the molecule is OC1(Cc2ccc(Cl)s2)C2CCC1Cc1ccccc1C2. The van der Waals surface area contributed by atoms with Gasteiger partial charge in [0.1, 0.15) is 0 Å². The molecule has 2 atom stereocenters. The summed E-state index contributed by atoms with van der Waals surface area (Å²) < 4.78 is 0.817. The molecular weight excluding hydrogens is 300 g/mol. The molecular formula is C18H19ClOS. The first-order valence-corrected chi connectivity index (χ1v) is 8.88. The molecule has 1 aromatic carbocycles. The highest BCUT2D eigenvalue weighted by Crippen LogP contribution is 2.49. The van der Waals surface area contributed by atoms with Gasteiger partial charge in [-0.1, -0.05) is 35.9 Å². The van der Waals surface area contributed by atoms with Gasteiger partial charge in [-0.15, -0.1) is 11.3 Å². The summed E-state index contributed by atoms with van der Waals surface area (Å²) in [5.74, 6) is 0.763. The summed E-state index contributed by atoms with van der Waals surface area (Å²) >= 11 is 7.66. The smallest absolute Gasteiger partial charge is 0.0931 e.